The SMILES string of the molecule is CCC1CCCN(CC2(N)C3CCOC3C2(C)C)CC1. The van der Waals surface area contributed by atoms with Gasteiger partial charge in [0.2, 0.25) is 0 Å². The number of hydrogen-bond acceptors (Lipinski definition) is 3. The Morgan fingerprint density at radius 1 is 1.20 bits per heavy atom. The Balaban J connectivity index is 1.65. The fourth-order valence-electron chi connectivity index (χ4n) is 4.96. The van der Waals surface area contributed by atoms with Crippen molar-refractivity contribution in [3.05, 3.63) is 0 Å². The van der Waals surface area contributed by atoms with E-state index in [0.29, 0.717) is 12.0 Å². The van der Waals surface area contributed by atoms with Crippen LogP contribution in [0.2, 0.25) is 0 Å². The predicted octanol–water partition coefficient (Wildman–Crippen LogP) is 2.64. The molecule has 0 aromatic heterocycles. The van der Waals surface area contributed by atoms with Gasteiger partial charge in [-0.3, -0.25) is 0 Å². The molecule has 0 amide bonds. The summed E-state index contributed by atoms with van der Waals surface area (Å²) < 4.78 is 5.91. The molecule has 0 aromatic carbocycles. The van der Waals surface area contributed by atoms with Crippen LogP contribution in [-0.4, -0.2) is 42.8 Å². The van der Waals surface area contributed by atoms with E-state index in [2.05, 4.69) is 25.7 Å². The Morgan fingerprint density at radius 2 is 2.00 bits per heavy atom. The Labute approximate surface area is 124 Å². The molecule has 0 radical (unpaired) electrons. The third-order valence-electron chi connectivity index (χ3n) is 6.67. The molecule has 3 heteroatoms. The summed E-state index contributed by atoms with van der Waals surface area (Å²) in [5.74, 6) is 1.52. The van der Waals surface area contributed by atoms with Gasteiger partial charge in [0, 0.05) is 30.0 Å². The first-order valence-electron chi connectivity index (χ1n) is 8.62. The van der Waals surface area contributed by atoms with Crippen molar-refractivity contribution in [3.8, 4) is 0 Å². The molecule has 3 nitrogen and oxygen atoms in total. The summed E-state index contributed by atoms with van der Waals surface area (Å²) in [6.07, 6.45) is 7.02. The Kier molecular flexibility index (Phi) is 3.89. The number of nitrogens with two attached hydrogens (primary N) is 1. The molecule has 0 aromatic rings. The van der Waals surface area contributed by atoms with Crippen LogP contribution < -0.4 is 5.73 Å². The third-order valence-corrected chi connectivity index (χ3v) is 6.67. The summed E-state index contributed by atoms with van der Waals surface area (Å²) >= 11 is 0. The maximum Gasteiger partial charge on any atom is 0.0691 e. The minimum atomic E-state index is -0.0415. The third kappa shape index (κ3) is 2.13. The van der Waals surface area contributed by atoms with Gasteiger partial charge in [0.05, 0.1) is 6.10 Å². The first-order valence-corrected chi connectivity index (χ1v) is 8.62. The monoisotopic (exact) mass is 280 g/mol. The highest BCUT2D eigenvalue weighted by Crippen LogP contribution is 2.58. The summed E-state index contributed by atoms with van der Waals surface area (Å²) in [4.78, 5) is 2.64. The maximum atomic E-state index is 6.89. The first kappa shape index (κ1) is 14.8. The van der Waals surface area contributed by atoms with Crippen molar-refractivity contribution in [1.29, 1.82) is 0 Å². The zero-order valence-corrected chi connectivity index (χ0v) is 13.5. The zero-order valence-electron chi connectivity index (χ0n) is 13.5. The molecule has 2 saturated heterocycles. The molecule has 3 aliphatic rings. The topological polar surface area (TPSA) is 38.5 Å². The summed E-state index contributed by atoms with van der Waals surface area (Å²) in [5, 5.41) is 0. The lowest BCUT2D eigenvalue weighted by Gasteiger charge is -2.63. The lowest BCUT2D eigenvalue weighted by Crippen LogP contribution is -2.78. The molecule has 4 unspecified atom stereocenters. The van der Waals surface area contributed by atoms with E-state index in [0.717, 1.165) is 25.5 Å². The standard InChI is InChI=1S/C17H32N2O/c1-4-13-6-5-9-19(10-7-13)12-17(18)14-8-11-20-15(14)16(17,2)3/h13-15H,4-12,18H2,1-3H3. The minimum Gasteiger partial charge on any atom is -0.377 e. The molecule has 2 heterocycles. The zero-order chi connectivity index (χ0) is 14.4. The van der Waals surface area contributed by atoms with Gasteiger partial charge in [0.15, 0.2) is 0 Å². The van der Waals surface area contributed by atoms with E-state index in [1.807, 2.05) is 0 Å². The van der Waals surface area contributed by atoms with Crippen LogP contribution in [0.5, 0.6) is 0 Å². The molecule has 0 bridgehead atoms. The van der Waals surface area contributed by atoms with Gasteiger partial charge < -0.3 is 15.4 Å². The molecule has 3 rings (SSSR count). The van der Waals surface area contributed by atoms with Crippen molar-refractivity contribution in [2.45, 2.75) is 64.5 Å². The van der Waals surface area contributed by atoms with Gasteiger partial charge in [0.1, 0.15) is 0 Å². The Bertz CT molecular complexity index is 357. The molecule has 1 aliphatic carbocycles. The Morgan fingerprint density at radius 3 is 2.75 bits per heavy atom. The molecule has 20 heavy (non-hydrogen) atoms. The first-order chi connectivity index (χ1) is 9.49. The Hall–Kier alpha value is -0.120. The van der Waals surface area contributed by atoms with Crippen molar-refractivity contribution in [3.63, 3.8) is 0 Å². The van der Waals surface area contributed by atoms with Gasteiger partial charge in [-0.05, 0) is 44.7 Å². The van der Waals surface area contributed by atoms with Crippen LogP contribution in [0.4, 0.5) is 0 Å². The van der Waals surface area contributed by atoms with E-state index >= 15 is 0 Å². The van der Waals surface area contributed by atoms with E-state index in [1.54, 1.807) is 0 Å². The second kappa shape index (κ2) is 5.26. The van der Waals surface area contributed by atoms with E-state index in [1.165, 1.54) is 38.8 Å². The summed E-state index contributed by atoms with van der Waals surface area (Å²) in [6.45, 7) is 11.4. The van der Waals surface area contributed by atoms with E-state index in [-0.39, 0.29) is 11.0 Å². The predicted molar refractivity (Wildman–Crippen MR) is 82.6 cm³/mol. The smallest absolute Gasteiger partial charge is 0.0691 e. The van der Waals surface area contributed by atoms with Crippen LogP contribution in [0, 0.1) is 17.3 Å². The van der Waals surface area contributed by atoms with Crippen LogP contribution in [-0.2, 0) is 4.74 Å². The van der Waals surface area contributed by atoms with E-state index in [4.69, 9.17) is 10.5 Å². The molecule has 116 valence electrons. The van der Waals surface area contributed by atoms with Crippen LogP contribution in [0.25, 0.3) is 0 Å². The van der Waals surface area contributed by atoms with Crippen molar-refractivity contribution in [1.82, 2.24) is 4.90 Å². The lowest BCUT2D eigenvalue weighted by atomic mass is 9.48. The number of fused-ring (bicyclic) bond motifs is 1. The van der Waals surface area contributed by atoms with Crippen LogP contribution in [0.1, 0.15) is 52.9 Å². The summed E-state index contributed by atoms with van der Waals surface area (Å²) in [6, 6.07) is 0. The molecule has 2 aliphatic heterocycles. The molecule has 2 N–H and O–H groups in total. The van der Waals surface area contributed by atoms with Gasteiger partial charge in [-0.2, -0.15) is 0 Å². The highest BCUT2D eigenvalue weighted by atomic mass is 16.5. The highest BCUT2D eigenvalue weighted by Gasteiger charge is 2.67. The van der Waals surface area contributed by atoms with Crippen molar-refractivity contribution >= 4 is 0 Å². The number of rotatable bonds is 3. The van der Waals surface area contributed by atoms with Gasteiger partial charge >= 0.3 is 0 Å². The number of hydrogen-bond donors (Lipinski definition) is 1. The second-order valence-corrected chi connectivity index (χ2v) is 7.93. The molecule has 4 atom stereocenters. The molecule has 1 saturated carbocycles. The minimum absolute atomic E-state index is 0.0415. The molecule has 3 fully saturated rings. The molecular formula is C17H32N2O. The van der Waals surface area contributed by atoms with E-state index < -0.39 is 0 Å². The average molecular weight is 280 g/mol. The molecule has 0 spiro atoms. The van der Waals surface area contributed by atoms with Crippen molar-refractivity contribution < 1.29 is 4.74 Å². The lowest BCUT2D eigenvalue weighted by molar-refractivity contribution is -0.163. The number of nitrogens with zero attached hydrogens (tertiary/aromatic N) is 1. The van der Waals surface area contributed by atoms with Gasteiger partial charge in [-0.1, -0.05) is 27.2 Å². The second-order valence-electron chi connectivity index (χ2n) is 7.93. The van der Waals surface area contributed by atoms with Crippen LogP contribution in [0.3, 0.4) is 0 Å². The highest BCUT2D eigenvalue weighted by molar-refractivity contribution is 5.21. The van der Waals surface area contributed by atoms with Crippen LogP contribution >= 0.6 is 0 Å². The van der Waals surface area contributed by atoms with Crippen molar-refractivity contribution in [2.75, 3.05) is 26.2 Å². The van der Waals surface area contributed by atoms with Gasteiger partial charge in [-0.25, -0.2) is 0 Å². The summed E-state index contributed by atoms with van der Waals surface area (Å²) in [5.41, 5.74) is 6.98. The summed E-state index contributed by atoms with van der Waals surface area (Å²) in [7, 11) is 0. The quantitative estimate of drug-likeness (QED) is 0.864. The maximum absolute atomic E-state index is 6.89. The fourth-order valence-corrected chi connectivity index (χ4v) is 4.96. The van der Waals surface area contributed by atoms with Crippen molar-refractivity contribution in [2.24, 2.45) is 23.0 Å². The largest absolute Gasteiger partial charge is 0.377 e. The normalized spacial score (nSPS) is 44.7. The van der Waals surface area contributed by atoms with E-state index in [9.17, 15) is 0 Å². The fraction of sp³-hybridized carbons (Fsp3) is 1.00. The van der Waals surface area contributed by atoms with Crippen LogP contribution in [0.15, 0.2) is 0 Å². The number of ether oxygens (including phenoxy) is 1. The van der Waals surface area contributed by atoms with Gasteiger partial charge in [-0.15, -0.1) is 0 Å². The number of likely N-dealkylation sites (tertiary alicyclic amines) is 1. The van der Waals surface area contributed by atoms with Gasteiger partial charge in [0.25, 0.3) is 0 Å². The molecular weight excluding hydrogens is 248 g/mol. The average Bonchev–Trinajstić information content (AvgIpc) is 2.80.